The second kappa shape index (κ2) is 14.1. The summed E-state index contributed by atoms with van der Waals surface area (Å²) < 4.78 is 36.8. The third-order valence-electron chi connectivity index (χ3n) is 6.45. The zero-order chi connectivity index (χ0) is 28.9. The fraction of sp³-hybridized carbons (Fsp3) is 0.419. The van der Waals surface area contributed by atoms with Crippen molar-refractivity contribution in [2.24, 2.45) is 5.92 Å². The van der Waals surface area contributed by atoms with Crippen molar-refractivity contribution in [3.63, 3.8) is 0 Å². The van der Waals surface area contributed by atoms with E-state index in [-0.39, 0.29) is 37.5 Å². The van der Waals surface area contributed by atoms with E-state index < -0.39 is 31.0 Å². The third-order valence-corrected chi connectivity index (χ3v) is 10.7. The van der Waals surface area contributed by atoms with E-state index in [1.807, 2.05) is 6.20 Å². The molecule has 0 atom stereocenters. The van der Waals surface area contributed by atoms with Crippen LogP contribution in [-0.2, 0) is 30.3 Å². The molecule has 0 amide bonds. The molecule has 0 aliphatic carbocycles. The van der Waals surface area contributed by atoms with Gasteiger partial charge in [0.1, 0.15) is 0 Å². The van der Waals surface area contributed by atoms with Gasteiger partial charge in [-0.25, -0.2) is 0 Å². The molecular weight excluding hydrogens is 740 g/mol. The Morgan fingerprint density at radius 3 is 2.15 bits per heavy atom. The average Bonchev–Trinajstić information content (AvgIpc) is 2.83. The molecule has 1 N–H and O–H groups in total. The van der Waals surface area contributed by atoms with Crippen molar-refractivity contribution in [1.29, 1.82) is 0 Å². The number of nitrogens with zero attached hydrogens (tertiary/aromatic N) is 1. The van der Waals surface area contributed by atoms with Crippen LogP contribution in [0.25, 0.3) is 22.0 Å². The Labute approximate surface area is 247 Å². The van der Waals surface area contributed by atoms with Crippen molar-refractivity contribution >= 4 is 34.2 Å². The molecule has 0 saturated heterocycles. The van der Waals surface area contributed by atoms with Gasteiger partial charge >= 0.3 is 155 Å². The fourth-order valence-corrected chi connectivity index (χ4v) is 6.47. The Hall–Kier alpha value is -1.96. The predicted molar refractivity (Wildman–Crippen MR) is 154 cm³/mol. The summed E-state index contributed by atoms with van der Waals surface area (Å²) in [6.45, 7) is 10.3. The summed E-state index contributed by atoms with van der Waals surface area (Å²) in [6.07, 6.45) is -1.67. The maximum atomic E-state index is 11.8. The van der Waals surface area contributed by atoms with Crippen LogP contribution in [0.3, 0.4) is 0 Å². The van der Waals surface area contributed by atoms with Crippen molar-refractivity contribution in [3.05, 3.63) is 72.1 Å². The van der Waals surface area contributed by atoms with Gasteiger partial charge < -0.3 is 5.11 Å². The predicted octanol–water partition coefficient (Wildman–Crippen LogP) is 8.54. The van der Waals surface area contributed by atoms with Gasteiger partial charge in [-0.3, -0.25) is 4.79 Å². The minimum atomic E-state index is -4.90. The molecule has 1 heterocycles. The smallest absolute Gasteiger partial charge is 0.454 e. The van der Waals surface area contributed by atoms with Crippen molar-refractivity contribution in [2.45, 2.75) is 76.3 Å². The third kappa shape index (κ3) is 9.87. The van der Waals surface area contributed by atoms with E-state index in [2.05, 4.69) is 91.6 Å². The monoisotopic (exact) mass is 781 g/mol. The number of halogens is 3. The summed E-state index contributed by atoms with van der Waals surface area (Å²) in [5.74, 6) is 4.39. The van der Waals surface area contributed by atoms with Gasteiger partial charge in [0, 0.05) is 32.1 Å². The Bertz CT molecular complexity index is 1290. The molecule has 2 aromatic carbocycles. The SMILES string of the molecule is CC(C)(C)c1cc(-c2c[c]([Ge]([CH3])([CH3])[CH3])ccn2)[c-]c2ccccc12.CCC(CC)/C(O)=C/C(=O)C(F)(F)F.[Ir]. The number of hydrogen-bond donors (Lipinski definition) is 1. The average molecular weight is 779 g/mol. The van der Waals surface area contributed by atoms with Crippen LogP contribution in [0.2, 0.25) is 17.3 Å². The number of rotatable bonds is 6. The maximum Gasteiger partial charge on any atom is 0.454 e. The number of allylic oxidation sites excluding steroid dienone is 2. The quantitative estimate of drug-likeness (QED) is 0.118. The van der Waals surface area contributed by atoms with Crippen LogP contribution in [0.15, 0.2) is 60.5 Å². The first-order valence-corrected chi connectivity index (χ1v) is 20.3. The molecule has 1 radical (unpaired) electrons. The normalized spacial score (nSPS) is 12.6. The van der Waals surface area contributed by atoms with Gasteiger partial charge in [0.15, 0.2) is 0 Å². The molecular formula is C31H39F3GeIrNO2-. The van der Waals surface area contributed by atoms with Crippen molar-refractivity contribution in [1.82, 2.24) is 4.98 Å². The van der Waals surface area contributed by atoms with Crippen LogP contribution in [0.5, 0.6) is 0 Å². The number of hydrogen-bond acceptors (Lipinski definition) is 3. The summed E-state index contributed by atoms with van der Waals surface area (Å²) in [4.78, 5) is 15.1. The van der Waals surface area contributed by atoms with Gasteiger partial charge in [0.2, 0.25) is 0 Å². The molecule has 0 saturated carbocycles. The molecule has 0 aliphatic rings. The van der Waals surface area contributed by atoms with Crippen LogP contribution >= 0.6 is 0 Å². The van der Waals surface area contributed by atoms with Crippen LogP contribution in [0.4, 0.5) is 13.2 Å². The summed E-state index contributed by atoms with van der Waals surface area (Å²) in [5, 5.41) is 11.6. The summed E-state index contributed by atoms with van der Waals surface area (Å²) in [5.41, 5.74) is 3.59. The fourth-order valence-electron chi connectivity index (χ4n) is 4.07. The number of aliphatic hydroxyl groups is 1. The van der Waals surface area contributed by atoms with E-state index >= 15 is 0 Å². The van der Waals surface area contributed by atoms with Gasteiger partial charge in [-0.2, -0.15) is 13.2 Å². The Balaban J connectivity index is 0.000000439. The number of benzene rings is 2. The zero-order valence-electron chi connectivity index (χ0n) is 24.0. The topological polar surface area (TPSA) is 50.2 Å². The maximum absolute atomic E-state index is 11.8. The number of aliphatic hydroxyl groups excluding tert-OH is 1. The van der Waals surface area contributed by atoms with Crippen LogP contribution < -0.4 is 4.40 Å². The standard InChI is InChI=1S/C22H26GeN.C9H13F3O2.Ir/c1-22(2,3)20-14-17(13-16-9-7-8-10-19(16)20)21-15-18(11-12-24-21)23(4,5)6;1-3-6(4-2)7(13)5-8(14)9(10,11)12;/h7-12,14-15H,1-6H3;5-6,13H,3-4H2,1-2H3;/q-1;;/b;7-5-;. The van der Waals surface area contributed by atoms with Crippen molar-refractivity contribution in [2.75, 3.05) is 0 Å². The van der Waals surface area contributed by atoms with Crippen molar-refractivity contribution < 1.29 is 43.2 Å². The molecule has 0 unspecified atom stereocenters. The molecule has 0 spiro atoms. The van der Waals surface area contributed by atoms with Gasteiger partial charge in [-0.05, 0) is 12.8 Å². The summed E-state index contributed by atoms with van der Waals surface area (Å²) in [6, 6.07) is 18.9. The molecule has 0 aliphatic heterocycles. The second-order valence-electron chi connectivity index (χ2n) is 11.5. The van der Waals surface area contributed by atoms with E-state index in [4.69, 9.17) is 0 Å². The minimum absolute atomic E-state index is 0. The number of ketones is 1. The first-order chi connectivity index (χ1) is 17.5. The van der Waals surface area contributed by atoms with Gasteiger partial charge in [-0.1, -0.05) is 13.8 Å². The number of fused-ring (bicyclic) bond motifs is 1. The molecule has 3 rings (SSSR count). The van der Waals surface area contributed by atoms with E-state index in [0.717, 1.165) is 11.3 Å². The molecule has 215 valence electrons. The van der Waals surface area contributed by atoms with Crippen LogP contribution in [0, 0.1) is 12.0 Å². The van der Waals surface area contributed by atoms with E-state index in [9.17, 15) is 23.1 Å². The van der Waals surface area contributed by atoms with Gasteiger partial charge in [0.05, 0.1) is 5.76 Å². The summed E-state index contributed by atoms with van der Waals surface area (Å²) in [7, 11) is 0. The first-order valence-electron chi connectivity index (χ1n) is 12.9. The Kier molecular flexibility index (Phi) is 12.7. The molecule has 0 bridgehead atoms. The molecule has 39 heavy (non-hydrogen) atoms. The number of carbonyl (C=O) groups excluding carboxylic acids is 1. The van der Waals surface area contributed by atoms with Gasteiger partial charge in [0.25, 0.3) is 5.78 Å². The molecule has 3 nitrogen and oxygen atoms in total. The number of alkyl halides is 3. The molecule has 3 aromatic rings. The van der Waals surface area contributed by atoms with Crippen LogP contribution in [0.1, 0.15) is 53.0 Å². The number of aromatic nitrogens is 1. The van der Waals surface area contributed by atoms with E-state index in [1.54, 1.807) is 13.8 Å². The largest absolute Gasteiger partial charge is 0.512 e. The number of pyridine rings is 1. The van der Waals surface area contributed by atoms with Gasteiger partial charge in [-0.15, -0.1) is 0 Å². The molecule has 8 heteroatoms. The minimum Gasteiger partial charge on any atom is -0.512 e. The zero-order valence-corrected chi connectivity index (χ0v) is 28.5. The van der Waals surface area contributed by atoms with E-state index in [0.29, 0.717) is 12.8 Å². The molecule has 1 aromatic heterocycles. The molecule has 0 fully saturated rings. The number of carbonyl (C=O) groups is 1. The Morgan fingerprint density at radius 2 is 1.64 bits per heavy atom. The first kappa shape index (κ1) is 35.1. The second-order valence-corrected chi connectivity index (χ2v) is 22.2. The Morgan fingerprint density at radius 1 is 1.05 bits per heavy atom. The van der Waals surface area contributed by atoms with Crippen LogP contribution in [-0.4, -0.2) is 35.3 Å². The summed E-state index contributed by atoms with van der Waals surface area (Å²) >= 11 is -1.87. The van der Waals surface area contributed by atoms with Crippen molar-refractivity contribution in [3.8, 4) is 11.3 Å². The van der Waals surface area contributed by atoms with E-state index in [1.165, 1.54) is 20.7 Å².